The summed E-state index contributed by atoms with van der Waals surface area (Å²) in [6, 6.07) is 24.8. The molecular weight excluding hydrogens is 523 g/mol. The summed E-state index contributed by atoms with van der Waals surface area (Å²) in [7, 11) is 0. The molecule has 0 radical (unpaired) electrons. The van der Waals surface area contributed by atoms with Gasteiger partial charge in [0.05, 0.1) is 29.9 Å². The van der Waals surface area contributed by atoms with E-state index in [1.807, 2.05) is 66.9 Å². The molecule has 0 bridgehead atoms. The van der Waals surface area contributed by atoms with E-state index in [0.29, 0.717) is 33.8 Å². The summed E-state index contributed by atoms with van der Waals surface area (Å²) < 4.78 is 17.4. The normalized spacial score (nSPS) is 12.7. The van der Waals surface area contributed by atoms with Crippen LogP contribution in [-0.4, -0.2) is 44.0 Å². The monoisotopic (exact) mass is 558 g/mol. The number of hydrogen-bond donors (Lipinski definition) is 4. The molecule has 4 aromatic rings. The summed E-state index contributed by atoms with van der Waals surface area (Å²) in [4.78, 5) is 25.0. The summed E-state index contributed by atoms with van der Waals surface area (Å²) in [5.74, 6) is -2.11. The minimum absolute atomic E-state index is 0.119. The number of benzene rings is 3. The van der Waals surface area contributed by atoms with Crippen molar-refractivity contribution in [1.29, 1.82) is 0 Å². The number of anilines is 1. The van der Waals surface area contributed by atoms with Crippen molar-refractivity contribution in [2.24, 2.45) is 0 Å². The molecule has 41 heavy (non-hydrogen) atoms. The van der Waals surface area contributed by atoms with Crippen molar-refractivity contribution in [2.75, 3.05) is 5.32 Å². The number of carbonyl (C=O) groups excluding carboxylic acids is 1. The second-order valence-electron chi connectivity index (χ2n) is 10.4. The highest BCUT2D eigenvalue weighted by Gasteiger charge is 2.31. The van der Waals surface area contributed by atoms with Crippen LogP contribution in [0.25, 0.3) is 22.4 Å². The first-order chi connectivity index (χ1) is 19.7. The smallest absolute Gasteiger partial charge is 0.305 e. The lowest BCUT2D eigenvalue weighted by Gasteiger charge is -2.20. The molecule has 4 N–H and O–H groups in total. The molecule has 4 rings (SSSR count). The van der Waals surface area contributed by atoms with Crippen molar-refractivity contribution in [3.05, 3.63) is 102 Å². The average molecular weight is 559 g/mol. The average Bonchev–Trinajstić information content (AvgIpc) is 3.28. The number of amides is 1. The number of carboxylic acid groups (broad SMARTS) is 1. The Balaban J connectivity index is 1.91. The number of aromatic nitrogens is 1. The zero-order chi connectivity index (χ0) is 29.5. The predicted molar refractivity (Wildman–Crippen MR) is 157 cm³/mol. The lowest BCUT2D eigenvalue weighted by atomic mass is 9.94. The molecule has 0 fully saturated rings. The van der Waals surface area contributed by atoms with E-state index in [1.54, 1.807) is 30.3 Å². The van der Waals surface area contributed by atoms with Crippen molar-refractivity contribution in [3.63, 3.8) is 0 Å². The number of carbonyl (C=O) groups is 2. The number of hydrogen-bond acceptors (Lipinski definition) is 4. The Morgan fingerprint density at radius 2 is 1.49 bits per heavy atom. The van der Waals surface area contributed by atoms with E-state index in [2.05, 4.69) is 5.32 Å². The number of aliphatic hydroxyl groups excluding tert-OH is 2. The van der Waals surface area contributed by atoms with Crippen LogP contribution in [0.4, 0.5) is 10.1 Å². The van der Waals surface area contributed by atoms with E-state index < -0.39 is 30.4 Å². The topological polar surface area (TPSA) is 112 Å². The number of aliphatic hydroxyl groups is 2. The largest absolute Gasteiger partial charge is 0.481 e. The summed E-state index contributed by atoms with van der Waals surface area (Å²) in [6.45, 7) is 4.12. The maximum absolute atomic E-state index is 15.5. The molecule has 3 aromatic carbocycles. The van der Waals surface area contributed by atoms with Gasteiger partial charge in [-0.25, -0.2) is 4.39 Å². The van der Waals surface area contributed by atoms with Gasteiger partial charge in [-0.05, 0) is 48.6 Å². The third kappa shape index (κ3) is 7.09. The zero-order valence-corrected chi connectivity index (χ0v) is 23.1. The van der Waals surface area contributed by atoms with Crippen LogP contribution >= 0.6 is 0 Å². The highest BCUT2D eigenvalue weighted by molar-refractivity contribution is 6.12. The van der Waals surface area contributed by atoms with Gasteiger partial charge in [-0.3, -0.25) is 9.59 Å². The molecular formula is C33H35FN2O5. The van der Waals surface area contributed by atoms with Gasteiger partial charge in [-0.2, -0.15) is 0 Å². The van der Waals surface area contributed by atoms with Crippen molar-refractivity contribution in [1.82, 2.24) is 4.57 Å². The highest BCUT2D eigenvalue weighted by atomic mass is 19.1. The Labute approximate surface area is 238 Å². The van der Waals surface area contributed by atoms with Crippen LogP contribution in [0.1, 0.15) is 55.1 Å². The van der Waals surface area contributed by atoms with E-state index in [4.69, 9.17) is 5.11 Å². The maximum Gasteiger partial charge on any atom is 0.305 e. The number of para-hydroxylation sites is 1. The van der Waals surface area contributed by atoms with Gasteiger partial charge < -0.3 is 25.2 Å². The molecule has 2 atom stereocenters. The van der Waals surface area contributed by atoms with Crippen LogP contribution in [0.2, 0.25) is 0 Å². The molecule has 0 aliphatic rings. The van der Waals surface area contributed by atoms with Crippen LogP contribution in [0.3, 0.4) is 0 Å². The van der Waals surface area contributed by atoms with Gasteiger partial charge in [-0.1, -0.05) is 74.5 Å². The zero-order valence-electron chi connectivity index (χ0n) is 23.1. The minimum Gasteiger partial charge on any atom is -0.481 e. The van der Waals surface area contributed by atoms with Gasteiger partial charge >= 0.3 is 5.97 Å². The van der Waals surface area contributed by atoms with E-state index in [9.17, 15) is 19.8 Å². The molecule has 1 aromatic heterocycles. The van der Waals surface area contributed by atoms with Gasteiger partial charge in [0.2, 0.25) is 0 Å². The molecule has 1 heterocycles. The summed E-state index contributed by atoms with van der Waals surface area (Å²) in [5.41, 5.74) is 3.84. The van der Waals surface area contributed by atoms with Crippen LogP contribution < -0.4 is 5.32 Å². The fourth-order valence-electron chi connectivity index (χ4n) is 5.23. The molecule has 0 spiro atoms. The van der Waals surface area contributed by atoms with Crippen LogP contribution in [0, 0.1) is 5.82 Å². The second kappa shape index (κ2) is 13.4. The first-order valence-corrected chi connectivity index (χ1v) is 13.7. The second-order valence-corrected chi connectivity index (χ2v) is 10.4. The standard InChI is InChI=1S/C33H35FN2O5/c1-21(2)31-30(33(41)35-23-13-7-4-8-14-23)29(22-11-5-3-6-12-22)32(26-15-9-10-16-27(26)34)36(31)18-17-24(37)19-25(38)20-28(39)40/h3-16,21,24-25,37-38H,17-20H2,1-2H3,(H,35,41)(H,39,40)/t24-,25-/m1/s1. The van der Waals surface area contributed by atoms with E-state index in [-0.39, 0.29) is 31.2 Å². The summed E-state index contributed by atoms with van der Waals surface area (Å²) in [6.07, 6.45) is -2.65. The molecule has 0 saturated heterocycles. The van der Waals surface area contributed by atoms with Crippen LogP contribution in [-0.2, 0) is 11.3 Å². The molecule has 1 amide bonds. The van der Waals surface area contributed by atoms with Crippen LogP contribution in [0.5, 0.6) is 0 Å². The van der Waals surface area contributed by atoms with Gasteiger partial charge in [0, 0.05) is 29.1 Å². The number of rotatable bonds is 12. The molecule has 0 saturated carbocycles. The van der Waals surface area contributed by atoms with Crippen molar-refractivity contribution >= 4 is 17.6 Å². The fourth-order valence-corrected chi connectivity index (χ4v) is 5.23. The van der Waals surface area contributed by atoms with Crippen molar-refractivity contribution in [3.8, 4) is 22.4 Å². The quantitative estimate of drug-likeness (QED) is 0.163. The maximum atomic E-state index is 15.5. The number of nitrogens with one attached hydrogen (secondary N) is 1. The number of aliphatic carboxylic acids is 1. The third-order valence-corrected chi connectivity index (χ3v) is 6.94. The first-order valence-electron chi connectivity index (χ1n) is 13.7. The summed E-state index contributed by atoms with van der Waals surface area (Å²) in [5, 5.41) is 32.7. The van der Waals surface area contributed by atoms with E-state index >= 15 is 4.39 Å². The SMILES string of the molecule is CC(C)c1c(C(=O)Nc2ccccc2)c(-c2ccccc2)c(-c2ccccc2F)n1CC[C@@H](O)C[C@@H](O)CC(=O)O. The lowest BCUT2D eigenvalue weighted by Crippen LogP contribution is -2.22. The molecule has 214 valence electrons. The molecule has 0 unspecified atom stereocenters. The lowest BCUT2D eigenvalue weighted by molar-refractivity contribution is -0.139. The Hall–Kier alpha value is -4.27. The minimum atomic E-state index is -1.20. The molecule has 7 nitrogen and oxygen atoms in total. The Morgan fingerprint density at radius 1 is 0.878 bits per heavy atom. The predicted octanol–water partition coefficient (Wildman–Crippen LogP) is 6.31. The van der Waals surface area contributed by atoms with Crippen molar-refractivity contribution in [2.45, 2.75) is 57.8 Å². The van der Waals surface area contributed by atoms with Gasteiger partial charge in [0.15, 0.2) is 0 Å². The highest BCUT2D eigenvalue weighted by Crippen LogP contribution is 2.43. The van der Waals surface area contributed by atoms with Crippen molar-refractivity contribution < 1.29 is 29.3 Å². The fraction of sp³-hybridized carbons (Fsp3) is 0.273. The third-order valence-electron chi connectivity index (χ3n) is 6.94. The summed E-state index contributed by atoms with van der Waals surface area (Å²) >= 11 is 0. The Bertz CT molecular complexity index is 1480. The molecule has 8 heteroatoms. The van der Waals surface area contributed by atoms with E-state index in [0.717, 1.165) is 5.56 Å². The first kappa shape index (κ1) is 29.7. The number of nitrogens with zero attached hydrogens (tertiary/aromatic N) is 1. The number of carboxylic acids is 1. The van der Waals surface area contributed by atoms with E-state index in [1.165, 1.54) is 6.07 Å². The van der Waals surface area contributed by atoms with Crippen LogP contribution in [0.15, 0.2) is 84.9 Å². The van der Waals surface area contributed by atoms with Gasteiger partial charge in [0.1, 0.15) is 5.82 Å². The van der Waals surface area contributed by atoms with Gasteiger partial charge in [-0.15, -0.1) is 0 Å². The molecule has 0 aliphatic carbocycles. The number of halogens is 1. The van der Waals surface area contributed by atoms with Gasteiger partial charge in [0.25, 0.3) is 5.91 Å². The molecule has 0 aliphatic heterocycles. The Kier molecular flexibility index (Phi) is 9.70. The Morgan fingerprint density at radius 3 is 2.10 bits per heavy atom.